The van der Waals surface area contributed by atoms with E-state index in [9.17, 15) is 14.9 Å². The van der Waals surface area contributed by atoms with Gasteiger partial charge < -0.3 is 5.32 Å². The molecule has 0 spiro atoms. The second-order valence-electron chi connectivity index (χ2n) is 6.04. The molecule has 9 heteroatoms. The Hall–Kier alpha value is -3.36. The van der Waals surface area contributed by atoms with Crippen LogP contribution in [0.15, 0.2) is 24.5 Å². The second-order valence-corrected chi connectivity index (χ2v) is 6.04. The SMILES string of the molecule is Cc1ccc(NC(=O)CCc2c(C)nc3ncnn3c2C)cc1[N+](=O)[O-]. The summed E-state index contributed by atoms with van der Waals surface area (Å²) in [7, 11) is 0. The van der Waals surface area contributed by atoms with Gasteiger partial charge in [0, 0.05) is 35.1 Å². The van der Waals surface area contributed by atoms with E-state index in [0.717, 1.165) is 17.0 Å². The molecule has 0 bridgehead atoms. The quantitative estimate of drug-likeness (QED) is 0.556. The Morgan fingerprint density at radius 2 is 2.08 bits per heavy atom. The molecular weight excluding hydrogens is 336 g/mol. The van der Waals surface area contributed by atoms with E-state index in [1.807, 2.05) is 13.8 Å². The lowest BCUT2D eigenvalue weighted by Gasteiger charge is -2.11. The summed E-state index contributed by atoms with van der Waals surface area (Å²) in [6.07, 6.45) is 2.15. The average molecular weight is 354 g/mol. The topological polar surface area (TPSA) is 115 Å². The van der Waals surface area contributed by atoms with E-state index < -0.39 is 4.92 Å². The third-order valence-corrected chi connectivity index (χ3v) is 4.28. The Bertz CT molecular complexity index is 1010. The molecule has 26 heavy (non-hydrogen) atoms. The zero-order chi connectivity index (χ0) is 18.8. The van der Waals surface area contributed by atoms with Crippen LogP contribution >= 0.6 is 0 Å². The van der Waals surface area contributed by atoms with Gasteiger partial charge >= 0.3 is 0 Å². The molecule has 1 aromatic carbocycles. The van der Waals surface area contributed by atoms with Gasteiger partial charge in [-0.1, -0.05) is 6.07 Å². The van der Waals surface area contributed by atoms with Crippen LogP contribution < -0.4 is 5.32 Å². The van der Waals surface area contributed by atoms with E-state index in [0.29, 0.717) is 23.4 Å². The number of aryl methyl sites for hydroxylation is 3. The molecule has 3 aromatic rings. The standard InChI is InChI=1S/C17H18N6O3/c1-10-4-5-13(8-15(10)23(25)26)21-16(24)7-6-14-11(2)20-17-18-9-19-22(17)12(14)3/h4-5,8-9H,6-7H2,1-3H3,(H,21,24). The summed E-state index contributed by atoms with van der Waals surface area (Å²) in [5.74, 6) is 0.306. The molecule has 0 radical (unpaired) electrons. The molecule has 134 valence electrons. The molecule has 0 saturated carbocycles. The third kappa shape index (κ3) is 3.37. The molecule has 0 unspecified atom stereocenters. The van der Waals surface area contributed by atoms with E-state index >= 15 is 0 Å². The number of amides is 1. The number of hydrogen-bond donors (Lipinski definition) is 1. The van der Waals surface area contributed by atoms with E-state index in [1.54, 1.807) is 23.6 Å². The van der Waals surface area contributed by atoms with Crippen molar-refractivity contribution in [3.63, 3.8) is 0 Å². The summed E-state index contributed by atoms with van der Waals surface area (Å²) in [5.41, 5.74) is 3.57. The maximum Gasteiger partial charge on any atom is 0.274 e. The normalized spacial score (nSPS) is 10.9. The van der Waals surface area contributed by atoms with Crippen molar-refractivity contribution in [2.24, 2.45) is 0 Å². The maximum absolute atomic E-state index is 12.3. The fraction of sp³-hybridized carbons (Fsp3) is 0.294. The minimum absolute atomic E-state index is 0.0182. The van der Waals surface area contributed by atoms with Crippen LogP contribution in [0.1, 0.15) is 28.9 Å². The van der Waals surface area contributed by atoms with Gasteiger partial charge in [-0.2, -0.15) is 10.1 Å². The number of nitrogens with one attached hydrogen (secondary N) is 1. The summed E-state index contributed by atoms with van der Waals surface area (Å²) in [6, 6.07) is 4.64. The number of aromatic nitrogens is 4. The maximum atomic E-state index is 12.3. The number of carbonyl (C=O) groups is 1. The van der Waals surface area contributed by atoms with Crippen LogP contribution in [-0.4, -0.2) is 30.4 Å². The molecule has 2 aromatic heterocycles. The molecule has 2 heterocycles. The first-order valence-electron chi connectivity index (χ1n) is 8.07. The Labute approximate surface area is 149 Å². The highest BCUT2D eigenvalue weighted by molar-refractivity contribution is 5.91. The third-order valence-electron chi connectivity index (χ3n) is 4.28. The zero-order valence-corrected chi connectivity index (χ0v) is 14.7. The van der Waals surface area contributed by atoms with Gasteiger partial charge in [0.15, 0.2) is 0 Å². The summed E-state index contributed by atoms with van der Waals surface area (Å²) in [6.45, 7) is 5.44. The fourth-order valence-corrected chi connectivity index (χ4v) is 2.86. The lowest BCUT2D eigenvalue weighted by atomic mass is 10.1. The van der Waals surface area contributed by atoms with Gasteiger partial charge in [0.05, 0.1) is 4.92 Å². The molecule has 0 aliphatic rings. The first-order chi connectivity index (χ1) is 12.4. The molecular formula is C17H18N6O3. The van der Waals surface area contributed by atoms with Crippen molar-refractivity contribution < 1.29 is 9.72 Å². The van der Waals surface area contributed by atoms with Crippen molar-refractivity contribution in [3.05, 3.63) is 57.2 Å². The van der Waals surface area contributed by atoms with Crippen LogP contribution in [0.3, 0.4) is 0 Å². The second kappa shape index (κ2) is 6.87. The number of fused-ring (bicyclic) bond motifs is 1. The van der Waals surface area contributed by atoms with Gasteiger partial charge in [-0.15, -0.1) is 0 Å². The molecule has 1 amide bonds. The van der Waals surface area contributed by atoms with Crippen LogP contribution in [-0.2, 0) is 11.2 Å². The number of nitrogens with zero attached hydrogens (tertiary/aromatic N) is 5. The van der Waals surface area contributed by atoms with E-state index in [1.165, 1.54) is 12.4 Å². The van der Waals surface area contributed by atoms with Crippen LogP contribution in [0.4, 0.5) is 11.4 Å². The predicted molar refractivity (Wildman–Crippen MR) is 95.0 cm³/mol. The number of nitro groups is 1. The van der Waals surface area contributed by atoms with Crippen LogP contribution in [0.25, 0.3) is 5.78 Å². The lowest BCUT2D eigenvalue weighted by Crippen LogP contribution is -2.14. The van der Waals surface area contributed by atoms with Gasteiger partial charge in [0.25, 0.3) is 11.5 Å². The van der Waals surface area contributed by atoms with Crippen molar-refractivity contribution >= 4 is 23.1 Å². The first-order valence-corrected chi connectivity index (χ1v) is 8.07. The average Bonchev–Trinajstić information content (AvgIpc) is 3.04. The predicted octanol–water partition coefficient (Wildman–Crippen LogP) is 2.53. The molecule has 3 rings (SSSR count). The van der Waals surface area contributed by atoms with Crippen molar-refractivity contribution in [2.45, 2.75) is 33.6 Å². The molecule has 0 atom stereocenters. The van der Waals surface area contributed by atoms with Gasteiger partial charge in [-0.25, -0.2) is 9.50 Å². The Balaban J connectivity index is 1.72. The molecule has 9 nitrogen and oxygen atoms in total. The van der Waals surface area contributed by atoms with Gasteiger partial charge in [0.2, 0.25) is 5.91 Å². The van der Waals surface area contributed by atoms with Crippen molar-refractivity contribution in [1.29, 1.82) is 0 Å². The number of hydrogen-bond acceptors (Lipinski definition) is 6. The smallest absolute Gasteiger partial charge is 0.274 e. The lowest BCUT2D eigenvalue weighted by molar-refractivity contribution is -0.385. The molecule has 0 aliphatic heterocycles. The minimum Gasteiger partial charge on any atom is -0.326 e. The van der Waals surface area contributed by atoms with Crippen molar-refractivity contribution in [1.82, 2.24) is 19.6 Å². The van der Waals surface area contributed by atoms with E-state index in [-0.39, 0.29) is 18.0 Å². The zero-order valence-electron chi connectivity index (χ0n) is 14.7. The minimum atomic E-state index is -0.462. The molecule has 0 aliphatic carbocycles. The highest BCUT2D eigenvalue weighted by atomic mass is 16.6. The summed E-state index contributed by atoms with van der Waals surface area (Å²) in [5, 5.41) is 17.8. The summed E-state index contributed by atoms with van der Waals surface area (Å²) < 4.78 is 1.64. The van der Waals surface area contributed by atoms with E-state index in [4.69, 9.17) is 0 Å². The van der Waals surface area contributed by atoms with Gasteiger partial charge in [-0.05, 0) is 38.8 Å². The van der Waals surface area contributed by atoms with Gasteiger partial charge in [0.1, 0.15) is 6.33 Å². The number of nitro benzene ring substituents is 1. The van der Waals surface area contributed by atoms with Crippen LogP contribution in [0.2, 0.25) is 0 Å². The first kappa shape index (κ1) is 17.5. The number of rotatable bonds is 5. The number of carbonyl (C=O) groups excluding carboxylic acids is 1. The summed E-state index contributed by atoms with van der Waals surface area (Å²) in [4.78, 5) is 31.2. The Morgan fingerprint density at radius 1 is 1.31 bits per heavy atom. The van der Waals surface area contributed by atoms with Crippen LogP contribution in [0, 0.1) is 30.9 Å². The summed E-state index contributed by atoms with van der Waals surface area (Å²) >= 11 is 0. The van der Waals surface area contributed by atoms with E-state index in [2.05, 4.69) is 20.4 Å². The fourth-order valence-electron chi connectivity index (χ4n) is 2.86. The van der Waals surface area contributed by atoms with Crippen LogP contribution in [0.5, 0.6) is 0 Å². The van der Waals surface area contributed by atoms with Gasteiger partial charge in [-0.3, -0.25) is 14.9 Å². The highest BCUT2D eigenvalue weighted by Crippen LogP contribution is 2.22. The monoisotopic (exact) mass is 354 g/mol. The largest absolute Gasteiger partial charge is 0.326 e. The Morgan fingerprint density at radius 3 is 2.81 bits per heavy atom. The van der Waals surface area contributed by atoms with Crippen molar-refractivity contribution in [3.8, 4) is 0 Å². The molecule has 0 fully saturated rings. The molecule has 0 saturated heterocycles. The Kier molecular flexibility index (Phi) is 4.61. The molecule has 1 N–H and O–H groups in total. The highest BCUT2D eigenvalue weighted by Gasteiger charge is 2.15. The van der Waals surface area contributed by atoms with Crippen molar-refractivity contribution in [2.75, 3.05) is 5.32 Å². The number of anilines is 1. The number of benzene rings is 1.